The SMILES string of the molecule is C[C@H](Sc1n[nH]c(N)n1)c1ccc(C(F)(F)F)cc1. The normalized spacial score (nSPS) is 13.5. The van der Waals surface area contributed by atoms with Gasteiger partial charge in [0.25, 0.3) is 0 Å². The molecule has 8 heteroatoms. The number of aromatic amines is 1. The highest BCUT2D eigenvalue weighted by Crippen LogP contribution is 2.35. The molecule has 0 aliphatic rings. The van der Waals surface area contributed by atoms with Gasteiger partial charge in [-0.25, -0.2) is 5.10 Å². The maximum atomic E-state index is 12.4. The molecule has 2 aromatic rings. The van der Waals surface area contributed by atoms with Crippen molar-refractivity contribution in [1.29, 1.82) is 0 Å². The van der Waals surface area contributed by atoms with Gasteiger partial charge in [-0.05, 0) is 24.6 Å². The molecule has 0 amide bonds. The maximum absolute atomic E-state index is 12.4. The molecule has 1 heterocycles. The van der Waals surface area contributed by atoms with Gasteiger partial charge in [-0.3, -0.25) is 0 Å². The van der Waals surface area contributed by atoms with Crippen molar-refractivity contribution < 1.29 is 13.2 Å². The van der Waals surface area contributed by atoms with E-state index in [1.807, 2.05) is 6.92 Å². The highest BCUT2D eigenvalue weighted by molar-refractivity contribution is 7.99. The first-order chi connectivity index (χ1) is 8.86. The number of hydrogen-bond donors (Lipinski definition) is 2. The average molecular weight is 288 g/mol. The predicted molar refractivity (Wildman–Crippen MR) is 66.5 cm³/mol. The fraction of sp³-hybridized carbons (Fsp3) is 0.273. The summed E-state index contributed by atoms with van der Waals surface area (Å²) in [5.74, 6) is 0.210. The number of anilines is 1. The van der Waals surface area contributed by atoms with E-state index >= 15 is 0 Å². The average Bonchev–Trinajstić information content (AvgIpc) is 2.74. The summed E-state index contributed by atoms with van der Waals surface area (Å²) in [6.45, 7) is 1.86. The van der Waals surface area contributed by atoms with Crippen LogP contribution >= 0.6 is 11.8 Å². The lowest BCUT2D eigenvalue weighted by atomic mass is 10.1. The van der Waals surface area contributed by atoms with Crippen molar-refractivity contribution in [2.45, 2.75) is 23.5 Å². The summed E-state index contributed by atoms with van der Waals surface area (Å²) in [6.07, 6.45) is -4.31. The molecule has 1 atom stereocenters. The minimum atomic E-state index is -4.31. The Bertz CT molecular complexity index is 550. The molecule has 0 radical (unpaired) electrons. The number of aromatic nitrogens is 3. The molecule has 0 fully saturated rings. The van der Waals surface area contributed by atoms with Crippen LogP contribution in [0.25, 0.3) is 0 Å². The number of rotatable bonds is 3. The van der Waals surface area contributed by atoms with Gasteiger partial charge in [0.2, 0.25) is 11.1 Å². The van der Waals surface area contributed by atoms with E-state index in [1.54, 1.807) is 0 Å². The number of hydrogen-bond acceptors (Lipinski definition) is 4. The second kappa shape index (κ2) is 5.12. The monoisotopic (exact) mass is 288 g/mol. The quantitative estimate of drug-likeness (QED) is 0.851. The molecule has 1 aromatic heterocycles. The van der Waals surface area contributed by atoms with Crippen LogP contribution < -0.4 is 5.73 Å². The molecule has 19 heavy (non-hydrogen) atoms. The van der Waals surface area contributed by atoms with Crippen LogP contribution in [0.15, 0.2) is 29.4 Å². The molecular weight excluding hydrogens is 277 g/mol. The third-order valence-corrected chi connectivity index (χ3v) is 3.49. The van der Waals surface area contributed by atoms with E-state index in [-0.39, 0.29) is 11.2 Å². The zero-order valence-electron chi connectivity index (χ0n) is 9.90. The summed E-state index contributed by atoms with van der Waals surface area (Å²) < 4.78 is 37.3. The van der Waals surface area contributed by atoms with Gasteiger partial charge in [-0.15, -0.1) is 5.10 Å². The van der Waals surface area contributed by atoms with Crippen LogP contribution in [0.4, 0.5) is 19.1 Å². The van der Waals surface area contributed by atoms with Gasteiger partial charge < -0.3 is 5.73 Å². The largest absolute Gasteiger partial charge is 0.416 e. The molecule has 102 valence electrons. The minimum absolute atomic E-state index is 0.0718. The lowest BCUT2D eigenvalue weighted by molar-refractivity contribution is -0.137. The van der Waals surface area contributed by atoms with Gasteiger partial charge >= 0.3 is 6.18 Å². The summed E-state index contributed by atoms with van der Waals surface area (Å²) in [6, 6.07) is 5.05. The molecule has 0 saturated heterocycles. The molecule has 0 unspecified atom stereocenters. The zero-order valence-corrected chi connectivity index (χ0v) is 10.7. The Morgan fingerprint density at radius 3 is 2.37 bits per heavy atom. The van der Waals surface area contributed by atoms with Crippen LogP contribution in [0, 0.1) is 0 Å². The number of nitrogens with one attached hydrogen (secondary N) is 1. The maximum Gasteiger partial charge on any atom is 0.416 e. The van der Waals surface area contributed by atoms with Gasteiger partial charge in [0.1, 0.15) is 0 Å². The van der Waals surface area contributed by atoms with E-state index in [0.29, 0.717) is 5.16 Å². The highest BCUT2D eigenvalue weighted by atomic mass is 32.2. The van der Waals surface area contributed by atoms with Gasteiger partial charge in [0, 0.05) is 5.25 Å². The van der Waals surface area contributed by atoms with Crippen molar-refractivity contribution in [2.75, 3.05) is 5.73 Å². The van der Waals surface area contributed by atoms with Gasteiger partial charge in [-0.2, -0.15) is 18.2 Å². The van der Waals surface area contributed by atoms with Crippen molar-refractivity contribution in [3.8, 4) is 0 Å². The number of nitrogen functional groups attached to an aromatic ring is 1. The molecule has 1 aromatic carbocycles. The number of alkyl halides is 3. The number of halogens is 3. The second-order valence-electron chi connectivity index (χ2n) is 3.88. The van der Waals surface area contributed by atoms with Gasteiger partial charge in [0.15, 0.2) is 0 Å². The second-order valence-corrected chi connectivity index (χ2v) is 5.19. The van der Waals surface area contributed by atoms with Crippen LogP contribution in [0.5, 0.6) is 0 Å². The predicted octanol–water partition coefficient (Wildman–Crippen LogP) is 3.26. The van der Waals surface area contributed by atoms with Crippen molar-refractivity contribution in [3.05, 3.63) is 35.4 Å². The van der Waals surface area contributed by atoms with E-state index in [9.17, 15) is 13.2 Å². The van der Waals surface area contributed by atoms with Crippen LogP contribution in [-0.2, 0) is 6.18 Å². The van der Waals surface area contributed by atoms with Crippen LogP contribution in [-0.4, -0.2) is 15.2 Å². The van der Waals surface area contributed by atoms with E-state index in [4.69, 9.17) is 5.73 Å². The number of nitrogens with two attached hydrogens (primary N) is 1. The molecule has 4 nitrogen and oxygen atoms in total. The Kier molecular flexibility index (Phi) is 3.70. The Morgan fingerprint density at radius 1 is 1.26 bits per heavy atom. The molecule has 2 rings (SSSR count). The van der Waals surface area contributed by atoms with Crippen molar-refractivity contribution in [2.24, 2.45) is 0 Å². The lowest BCUT2D eigenvalue weighted by Gasteiger charge is -2.11. The number of H-pyrrole nitrogens is 1. The topological polar surface area (TPSA) is 67.6 Å². The first-order valence-electron chi connectivity index (χ1n) is 5.38. The molecular formula is C11H11F3N4S. The van der Waals surface area contributed by atoms with Crippen LogP contribution in [0.2, 0.25) is 0 Å². The molecule has 0 aliphatic carbocycles. The molecule has 0 spiro atoms. The number of benzene rings is 1. The van der Waals surface area contributed by atoms with Crippen molar-refractivity contribution >= 4 is 17.7 Å². The molecule has 0 aliphatic heterocycles. The summed E-state index contributed by atoms with van der Waals surface area (Å²) in [7, 11) is 0. The Labute approximate surface area is 111 Å². The van der Waals surface area contributed by atoms with E-state index in [1.165, 1.54) is 23.9 Å². The van der Waals surface area contributed by atoms with Crippen LogP contribution in [0.3, 0.4) is 0 Å². The Hall–Kier alpha value is -1.70. The summed E-state index contributed by atoms with van der Waals surface area (Å²) >= 11 is 1.32. The summed E-state index contributed by atoms with van der Waals surface area (Å²) in [5, 5.41) is 6.75. The summed E-state index contributed by atoms with van der Waals surface area (Å²) in [5.41, 5.74) is 5.50. The fourth-order valence-electron chi connectivity index (χ4n) is 1.48. The Balaban J connectivity index is 2.09. The van der Waals surface area contributed by atoms with Crippen molar-refractivity contribution in [3.63, 3.8) is 0 Å². The van der Waals surface area contributed by atoms with Gasteiger partial charge in [0.05, 0.1) is 5.56 Å². The minimum Gasteiger partial charge on any atom is -0.368 e. The Morgan fingerprint density at radius 2 is 1.89 bits per heavy atom. The van der Waals surface area contributed by atoms with E-state index in [0.717, 1.165) is 17.7 Å². The van der Waals surface area contributed by atoms with Crippen molar-refractivity contribution in [1.82, 2.24) is 15.2 Å². The van der Waals surface area contributed by atoms with Crippen LogP contribution in [0.1, 0.15) is 23.3 Å². The number of nitrogens with zero attached hydrogens (tertiary/aromatic N) is 2. The fourth-order valence-corrected chi connectivity index (χ4v) is 2.34. The first-order valence-corrected chi connectivity index (χ1v) is 6.26. The molecule has 3 N–H and O–H groups in total. The molecule has 0 saturated carbocycles. The van der Waals surface area contributed by atoms with E-state index < -0.39 is 11.7 Å². The third kappa shape index (κ3) is 3.40. The number of thioether (sulfide) groups is 1. The standard InChI is InChI=1S/C11H11F3N4S/c1-6(19-10-16-9(15)17-18-10)7-2-4-8(5-3-7)11(12,13)14/h2-6H,1H3,(H3,15,16,17,18)/t6-/m0/s1. The van der Waals surface area contributed by atoms with Gasteiger partial charge in [-0.1, -0.05) is 23.9 Å². The molecule has 0 bridgehead atoms. The smallest absolute Gasteiger partial charge is 0.368 e. The summed E-state index contributed by atoms with van der Waals surface area (Å²) in [4.78, 5) is 3.93. The van der Waals surface area contributed by atoms with E-state index in [2.05, 4.69) is 15.2 Å². The zero-order chi connectivity index (χ0) is 14.0. The third-order valence-electron chi connectivity index (χ3n) is 2.47. The first kappa shape index (κ1) is 13.7. The highest BCUT2D eigenvalue weighted by Gasteiger charge is 2.30. The lowest BCUT2D eigenvalue weighted by Crippen LogP contribution is -2.04.